The molecule has 2 nitrogen and oxygen atoms in total. The number of hydrogen-bond acceptors (Lipinski definition) is 2. The van der Waals surface area contributed by atoms with Gasteiger partial charge in [0.25, 0.3) is 0 Å². The normalized spacial score (nSPS) is 58.0. The van der Waals surface area contributed by atoms with Gasteiger partial charge in [-0.25, -0.2) is 0 Å². The minimum atomic E-state index is 0.514. The van der Waals surface area contributed by atoms with Gasteiger partial charge in [-0.3, -0.25) is 0 Å². The Morgan fingerprint density at radius 2 is 1.46 bits per heavy atom. The number of nitrogens with zero attached hydrogens (tertiary/aromatic N) is 2. The van der Waals surface area contributed by atoms with Gasteiger partial charge in [-0.15, -0.1) is 0 Å². The fourth-order valence-corrected chi connectivity index (χ4v) is 4.60. The molecule has 0 aromatic carbocycles. The summed E-state index contributed by atoms with van der Waals surface area (Å²) in [5, 5.41) is 18.0. The molecule has 0 radical (unpaired) electrons. The van der Waals surface area contributed by atoms with Crippen LogP contribution in [-0.2, 0) is 0 Å². The highest BCUT2D eigenvalue weighted by molar-refractivity contribution is 5.54. The molecule has 0 aromatic heterocycles. The van der Waals surface area contributed by atoms with Crippen LogP contribution in [0.5, 0.6) is 0 Å². The predicted octanol–water partition coefficient (Wildman–Crippen LogP) is 1.47. The minimum Gasteiger partial charge on any atom is -0.193 e. The SMILES string of the molecule is N#CC1=C(C#N)C2C3CC4C(C13)C42. The summed E-state index contributed by atoms with van der Waals surface area (Å²) in [4.78, 5) is 0. The van der Waals surface area contributed by atoms with E-state index in [2.05, 4.69) is 12.1 Å². The van der Waals surface area contributed by atoms with Crippen LogP contribution in [-0.4, -0.2) is 0 Å². The molecule has 0 N–H and O–H groups in total. The van der Waals surface area contributed by atoms with Crippen LogP contribution in [0.25, 0.3) is 0 Å². The Kier molecular flexibility index (Phi) is 0.732. The zero-order valence-corrected chi connectivity index (χ0v) is 7.07. The number of nitriles is 2. The van der Waals surface area contributed by atoms with Crippen molar-refractivity contribution in [2.75, 3.05) is 0 Å². The molecule has 0 aliphatic heterocycles. The van der Waals surface area contributed by atoms with Crippen LogP contribution < -0.4 is 0 Å². The first-order valence-corrected chi connectivity index (χ1v) is 4.92. The van der Waals surface area contributed by atoms with E-state index >= 15 is 0 Å². The van der Waals surface area contributed by atoms with Crippen molar-refractivity contribution in [1.82, 2.24) is 0 Å². The zero-order valence-electron chi connectivity index (χ0n) is 7.07. The van der Waals surface area contributed by atoms with Crippen molar-refractivity contribution in [2.45, 2.75) is 6.42 Å². The lowest BCUT2D eigenvalue weighted by Gasteiger charge is -2.07. The molecular formula is C11H8N2. The van der Waals surface area contributed by atoms with Crippen LogP contribution in [0.3, 0.4) is 0 Å². The second kappa shape index (κ2) is 1.53. The summed E-state index contributed by atoms with van der Waals surface area (Å²) in [7, 11) is 0. The van der Waals surface area contributed by atoms with Crippen LogP contribution in [0.1, 0.15) is 6.42 Å². The van der Waals surface area contributed by atoms with E-state index in [1.807, 2.05) is 0 Å². The molecule has 2 heteroatoms. The van der Waals surface area contributed by atoms with Gasteiger partial charge in [0.15, 0.2) is 0 Å². The minimum absolute atomic E-state index is 0.514. The van der Waals surface area contributed by atoms with Crippen molar-refractivity contribution >= 4 is 0 Å². The zero-order chi connectivity index (χ0) is 8.74. The first-order chi connectivity index (χ1) is 6.38. The standard InChI is InChI=1S/C11H8N2/c12-2-6-7(3-13)9-4-1-5-10(8(4)6)11(5)9/h4-5,8-11H,1H2. The summed E-state index contributed by atoms with van der Waals surface area (Å²) < 4.78 is 0. The van der Waals surface area contributed by atoms with Crippen molar-refractivity contribution in [3.05, 3.63) is 11.1 Å². The third-order valence-corrected chi connectivity index (χ3v) is 4.79. The molecule has 5 aliphatic carbocycles. The Morgan fingerprint density at radius 1 is 0.923 bits per heavy atom. The molecule has 5 rings (SSSR count). The van der Waals surface area contributed by atoms with Crippen LogP contribution in [0.4, 0.5) is 0 Å². The van der Waals surface area contributed by atoms with E-state index in [-0.39, 0.29) is 0 Å². The number of rotatable bonds is 0. The van der Waals surface area contributed by atoms with Gasteiger partial charge in [0.05, 0.1) is 12.1 Å². The Bertz CT molecular complexity index is 396. The van der Waals surface area contributed by atoms with Gasteiger partial charge in [0, 0.05) is 23.0 Å². The largest absolute Gasteiger partial charge is 0.193 e. The summed E-state index contributed by atoms with van der Waals surface area (Å²) >= 11 is 0. The molecule has 62 valence electrons. The number of hydrogen-bond donors (Lipinski definition) is 0. The fourth-order valence-electron chi connectivity index (χ4n) is 4.60. The Morgan fingerprint density at radius 3 is 1.85 bits per heavy atom. The lowest BCUT2D eigenvalue weighted by atomic mass is 9.93. The topological polar surface area (TPSA) is 47.6 Å². The van der Waals surface area contributed by atoms with Crippen LogP contribution >= 0.6 is 0 Å². The molecule has 4 fully saturated rings. The van der Waals surface area contributed by atoms with Crippen LogP contribution in [0.2, 0.25) is 0 Å². The number of allylic oxidation sites excluding steroid dienone is 2. The predicted molar refractivity (Wildman–Crippen MR) is 43.8 cm³/mol. The summed E-state index contributed by atoms with van der Waals surface area (Å²) in [5.74, 6) is 4.27. The van der Waals surface area contributed by atoms with Gasteiger partial charge in [0.2, 0.25) is 0 Å². The molecule has 0 spiro atoms. The maximum atomic E-state index is 9.00. The molecule has 0 saturated heterocycles. The van der Waals surface area contributed by atoms with Gasteiger partial charge in [0.1, 0.15) is 0 Å². The van der Waals surface area contributed by atoms with Gasteiger partial charge in [-0.1, -0.05) is 0 Å². The van der Waals surface area contributed by atoms with Gasteiger partial charge in [-0.05, 0) is 30.1 Å². The smallest absolute Gasteiger partial charge is 0.0960 e. The maximum Gasteiger partial charge on any atom is 0.0960 e. The third kappa shape index (κ3) is 0.408. The second-order valence-electron chi connectivity index (χ2n) is 4.82. The average molecular weight is 168 g/mol. The summed E-state index contributed by atoms with van der Waals surface area (Å²) in [6.45, 7) is 0. The molecule has 13 heavy (non-hydrogen) atoms. The fraction of sp³-hybridized carbons (Fsp3) is 0.636. The molecule has 0 aromatic rings. The van der Waals surface area contributed by atoms with E-state index in [4.69, 9.17) is 10.5 Å². The molecular weight excluding hydrogens is 160 g/mol. The molecule has 4 saturated carbocycles. The van der Waals surface area contributed by atoms with Crippen molar-refractivity contribution in [2.24, 2.45) is 35.5 Å². The molecule has 0 heterocycles. The molecule has 4 atom stereocenters. The van der Waals surface area contributed by atoms with E-state index in [9.17, 15) is 0 Å². The van der Waals surface area contributed by atoms with Crippen LogP contribution in [0.15, 0.2) is 11.1 Å². The van der Waals surface area contributed by atoms with E-state index in [0.717, 1.165) is 28.9 Å². The molecule has 4 unspecified atom stereocenters. The Balaban J connectivity index is 1.98. The Hall–Kier alpha value is -1.28. The van der Waals surface area contributed by atoms with Crippen molar-refractivity contribution < 1.29 is 0 Å². The quantitative estimate of drug-likeness (QED) is 0.550. The highest BCUT2D eigenvalue weighted by atomic mass is 14.8. The second-order valence-corrected chi connectivity index (χ2v) is 4.82. The summed E-state index contributed by atoms with van der Waals surface area (Å²) in [6.07, 6.45) is 1.31. The third-order valence-electron chi connectivity index (χ3n) is 4.79. The Labute approximate surface area is 76.5 Å². The van der Waals surface area contributed by atoms with Gasteiger partial charge in [-0.2, -0.15) is 10.5 Å². The summed E-state index contributed by atoms with van der Waals surface area (Å²) in [6, 6.07) is 4.54. The van der Waals surface area contributed by atoms with E-state index in [1.165, 1.54) is 6.42 Å². The maximum absolute atomic E-state index is 9.00. The highest BCUT2D eigenvalue weighted by Gasteiger charge is 2.77. The van der Waals surface area contributed by atoms with Crippen molar-refractivity contribution in [1.29, 1.82) is 10.5 Å². The van der Waals surface area contributed by atoms with E-state index in [0.29, 0.717) is 17.8 Å². The van der Waals surface area contributed by atoms with E-state index < -0.39 is 0 Å². The van der Waals surface area contributed by atoms with E-state index in [1.54, 1.807) is 0 Å². The van der Waals surface area contributed by atoms with Gasteiger partial charge >= 0.3 is 0 Å². The molecule has 6 bridgehead atoms. The van der Waals surface area contributed by atoms with Gasteiger partial charge < -0.3 is 0 Å². The lowest BCUT2D eigenvalue weighted by molar-refractivity contribution is 0.460. The lowest BCUT2D eigenvalue weighted by Crippen LogP contribution is -2.03. The summed E-state index contributed by atoms with van der Waals surface area (Å²) in [5.41, 5.74) is 1.72. The van der Waals surface area contributed by atoms with Crippen LogP contribution in [0, 0.1) is 58.2 Å². The molecule has 0 amide bonds. The first-order valence-electron chi connectivity index (χ1n) is 4.92. The van der Waals surface area contributed by atoms with Crippen molar-refractivity contribution in [3.63, 3.8) is 0 Å². The monoisotopic (exact) mass is 168 g/mol. The first kappa shape index (κ1) is 6.22. The van der Waals surface area contributed by atoms with Crippen molar-refractivity contribution in [3.8, 4) is 12.1 Å². The highest BCUT2D eigenvalue weighted by Crippen LogP contribution is 2.81. The molecule has 5 aliphatic rings. The average Bonchev–Trinajstić information content (AvgIpc) is 2.59.